The number of aromatic nitrogens is 2. The standard InChI is InChI=1S/C23H24N4O2S/c1-14-13-17(15(2)27(14)19-11-6-5-9-16(19)22(28)29-4)21-20(25-23(30)26(21)3)18-10-7-8-12-24-18/h5-13,20-21H,1-4H3,(H,25,30)/t20-,21+/m0/s1. The van der Waals surface area contributed by atoms with Gasteiger partial charge in [0.25, 0.3) is 0 Å². The summed E-state index contributed by atoms with van der Waals surface area (Å²) >= 11 is 5.56. The molecule has 0 radical (unpaired) electrons. The molecule has 0 spiro atoms. The summed E-state index contributed by atoms with van der Waals surface area (Å²) in [5.74, 6) is -0.355. The van der Waals surface area contributed by atoms with Gasteiger partial charge in [-0.3, -0.25) is 4.98 Å². The number of methoxy groups -OCH3 is 1. The second-order valence-corrected chi connectivity index (χ2v) is 7.79. The number of benzene rings is 1. The highest BCUT2D eigenvalue weighted by molar-refractivity contribution is 7.80. The molecular formula is C23H24N4O2S. The van der Waals surface area contributed by atoms with Crippen LogP contribution in [0.2, 0.25) is 0 Å². The molecule has 3 heterocycles. The van der Waals surface area contributed by atoms with E-state index in [1.165, 1.54) is 7.11 Å². The van der Waals surface area contributed by atoms with Crippen LogP contribution < -0.4 is 5.32 Å². The van der Waals surface area contributed by atoms with Crippen molar-refractivity contribution in [1.82, 2.24) is 19.8 Å². The fraction of sp³-hybridized carbons (Fsp3) is 0.261. The van der Waals surface area contributed by atoms with Crippen LogP contribution >= 0.6 is 12.2 Å². The lowest BCUT2D eigenvalue weighted by Gasteiger charge is -2.24. The molecule has 30 heavy (non-hydrogen) atoms. The lowest BCUT2D eigenvalue weighted by atomic mass is 9.97. The zero-order valence-electron chi connectivity index (χ0n) is 17.4. The Labute approximate surface area is 181 Å². The average Bonchev–Trinajstić information content (AvgIpc) is 3.22. The van der Waals surface area contributed by atoms with Gasteiger partial charge in [0.1, 0.15) is 0 Å². The van der Waals surface area contributed by atoms with Gasteiger partial charge in [-0.2, -0.15) is 0 Å². The molecule has 1 aromatic carbocycles. The molecule has 1 aliphatic rings. The van der Waals surface area contributed by atoms with Gasteiger partial charge in [-0.25, -0.2) is 4.79 Å². The number of nitrogens with zero attached hydrogens (tertiary/aromatic N) is 3. The van der Waals surface area contributed by atoms with Crippen LogP contribution in [0.3, 0.4) is 0 Å². The Kier molecular flexibility index (Phi) is 5.30. The van der Waals surface area contributed by atoms with Gasteiger partial charge < -0.3 is 19.5 Å². The predicted octanol–water partition coefficient (Wildman–Crippen LogP) is 3.88. The maximum absolute atomic E-state index is 12.3. The van der Waals surface area contributed by atoms with Crippen molar-refractivity contribution in [3.05, 3.63) is 82.9 Å². The van der Waals surface area contributed by atoms with Gasteiger partial charge in [-0.05, 0) is 62.0 Å². The summed E-state index contributed by atoms with van der Waals surface area (Å²) in [5.41, 5.74) is 5.49. The largest absolute Gasteiger partial charge is 0.465 e. The monoisotopic (exact) mass is 420 g/mol. The second kappa shape index (κ2) is 7.91. The van der Waals surface area contributed by atoms with Gasteiger partial charge >= 0.3 is 5.97 Å². The molecule has 0 unspecified atom stereocenters. The number of para-hydroxylation sites is 1. The molecule has 2 aromatic heterocycles. The van der Waals surface area contributed by atoms with Crippen molar-refractivity contribution in [3.63, 3.8) is 0 Å². The summed E-state index contributed by atoms with van der Waals surface area (Å²) in [6, 6.07) is 15.5. The van der Waals surface area contributed by atoms with Gasteiger partial charge in [0.05, 0.1) is 36.1 Å². The molecule has 0 bridgehead atoms. The zero-order chi connectivity index (χ0) is 21.4. The highest BCUT2D eigenvalue weighted by Crippen LogP contribution is 2.40. The molecule has 1 N–H and O–H groups in total. The first-order valence-corrected chi connectivity index (χ1v) is 10.2. The van der Waals surface area contributed by atoms with E-state index >= 15 is 0 Å². The second-order valence-electron chi connectivity index (χ2n) is 7.41. The van der Waals surface area contributed by atoms with E-state index in [2.05, 4.69) is 32.8 Å². The number of aryl methyl sites for hydroxylation is 1. The Morgan fingerprint density at radius 3 is 2.60 bits per heavy atom. The van der Waals surface area contributed by atoms with Crippen LogP contribution in [-0.2, 0) is 4.74 Å². The number of esters is 1. The van der Waals surface area contributed by atoms with Crippen LogP contribution in [0, 0.1) is 13.8 Å². The molecule has 4 rings (SSSR count). The van der Waals surface area contributed by atoms with Gasteiger partial charge in [0, 0.05) is 24.6 Å². The number of thiocarbonyl (C=S) groups is 1. The van der Waals surface area contributed by atoms with E-state index in [0.29, 0.717) is 10.7 Å². The van der Waals surface area contributed by atoms with E-state index in [1.807, 2.05) is 50.4 Å². The highest BCUT2D eigenvalue weighted by atomic mass is 32.1. The van der Waals surface area contributed by atoms with Crippen molar-refractivity contribution in [2.24, 2.45) is 0 Å². The Balaban J connectivity index is 1.85. The van der Waals surface area contributed by atoms with Crippen molar-refractivity contribution in [2.75, 3.05) is 14.2 Å². The Bertz CT molecular complexity index is 1110. The molecule has 6 nitrogen and oxygen atoms in total. The zero-order valence-corrected chi connectivity index (χ0v) is 18.2. The molecule has 3 aromatic rings. The summed E-state index contributed by atoms with van der Waals surface area (Å²) in [4.78, 5) is 19.0. The molecular weight excluding hydrogens is 396 g/mol. The van der Waals surface area contributed by atoms with Crippen molar-refractivity contribution in [3.8, 4) is 5.69 Å². The number of pyridine rings is 1. The summed E-state index contributed by atoms with van der Waals surface area (Å²) < 4.78 is 7.10. The van der Waals surface area contributed by atoms with E-state index in [4.69, 9.17) is 17.0 Å². The summed E-state index contributed by atoms with van der Waals surface area (Å²) in [5, 5.41) is 4.10. The van der Waals surface area contributed by atoms with Crippen molar-refractivity contribution < 1.29 is 9.53 Å². The predicted molar refractivity (Wildman–Crippen MR) is 120 cm³/mol. The molecule has 7 heteroatoms. The van der Waals surface area contributed by atoms with E-state index < -0.39 is 0 Å². The van der Waals surface area contributed by atoms with Crippen LogP contribution in [0.1, 0.15) is 45.1 Å². The fourth-order valence-corrected chi connectivity index (χ4v) is 4.50. The highest BCUT2D eigenvalue weighted by Gasteiger charge is 2.39. The van der Waals surface area contributed by atoms with E-state index in [0.717, 1.165) is 28.3 Å². The van der Waals surface area contributed by atoms with Crippen molar-refractivity contribution >= 4 is 23.3 Å². The van der Waals surface area contributed by atoms with E-state index in [-0.39, 0.29) is 18.1 Å². The van der Waals surface area contributed by atoms with Gasteiger partial charge in [0.2, 0.25) is 0 Å². The summed E-state index contributed by atoms with van der Waals surface area (Å²) in [6.07, 6.45) is 1.80. The lowest BCUT2D eigenvalue weighted by Crippen LogP contribution is -2.25. The number of hydrogen-bond acceptors (Lipinski definition) is 4. The number of carbonyl (C=O) groups excluding carboxylic acids is 1. The SMILES string of the molecule is COC(=O)c1ccccc1-n1c(C)cc([C@@H]2[C@H](c3ccccn3)NC(=S)N2C)c1C. The maximum Gasteiger partial charge on any atom is 0.339 e. The van der Waals surface area contributed by atoms with Crippen molar-refractivity contribution in [2.45, 2.75) is 25.9 Å². The minimum atomic E-state index is -0.355. The van der Waals surface area contributed by atoms with Crippen LogP contribution in [0.5, 0.6) is 0 Å². The third-order valence-corrected chi connectivity index (χ3v) is 6.08. The van der Waals surface area contributed by atoms with Gasteiger partial charge in [-0.1, -0.05) is 18.2 Å². The first-order chi connectivity index (χ1) is 14.4. The smallest absolute Gasteiger partial charge is 0.339 e. The molecule has 2 atom stereocenters. The fourth-order valence-electron chi connectivity index (χ4n) is 4.26. The topological polar surface area (TPSA) is 59.4 Å². The Morgan fingerprint density at radius 1 is 1.17 bits per heavy atom. The van der Waals surface area contributed by atoms with Gasteiger partial charge in [-0.15, -0.1) is 0 Å². The molecule has 0 aliphatic carbocycles. The number of nitrogens with one attached hydrogen (secondary N) is 1. The first kappa shape index (κ1) is 20.1. The number of likely N-dealkylation sites (N-methyl/N-ethyl adjacent to an activating group) is 1. The number of hydrogen-bond donors (Lipinski definition) is 1. The minimum Gasteiger partial charge on any atom is -0.465 e. The molecule has 154 valence electrons. The van der Waals surface area contributed by atoms with E-state index in [9.17, 15) is 4.79 Å². The van der Waals surface area contributed by atoms with Gasteiger partial charge in [0.15, 0.2) is 5.11 Å². The first-order valence-electron chi connectivity index (χ1n) is 9.75. The third-order valence-electron chi connectivity index (χ3n) is 5.68. The number of rotatable bonds is 4. The lowest BCUT2D eigenvalue weighted by molar-refractivity contribution is 0.0600. The maximum atomic E-state index is 12.3. The molecule has 1 saturated heterocycles. The minimum absolute atomic E-state index is 0.0161. The van der Waals surface area contributed by atoms with Crippen LogP contribution in [-0.4, -0.2) is 39.7 Å². The van der Waals surface area contributed by atoms with E-state index in [1.54, 1.807) is 12.3 Å². The normalized spacial score (nSPS) is 18.4. The van der Waals surface area contributed by atoms with Crippen molar-refractivity contribution in [1.29, 1.82) is 0 Å². The van der Waals surface area contributed by atoms with Crippen LogP contribution in [0.15, 0.2) is 54.7 Å². The molecule has 0 amide bonds. The third kappa shape index (κ3) is 3.25. The van der Waals surface area contributed by atoms with Crippen LogP contribution in [0.4, 0.5) is 0 Å². The molecule has 1 fully saturated rings. The molecule has 1 aliphatic heterocycles. The Hall–Kier alpha value is -3.19. The quantitative estimate of drug-likeness (QED) is 0.511. The summed E-state index contributed by atoms with van der Waals surface area (Å²) in [7, 11) is 3.40. The number of ether oxygens (including phenoxy) is 1. The summed E-state index contributed by atoms with van der Waals surface area (Å²) in [6.45, 7) is 4.11. The molecule has 0 saturated carbocycles. The number of carbonyl (C=O) groups is 1. The Morgan fingerprint density at radius 2 is 1.90 bits per heavy atom. The van der Waals surface area contributed by atoms with Crippen LogP contribution in [0.25, 0.3) is 5.69 Å². The average molecular weight is 421 g/mol.